The Morgan fingerprint density at radius 1 is 1.28 bits per heavy atom. The molecular formula is C22H27N7O3. The zero-order valence-electron chi connectivity index (χ0n) is 18.2. The van der Waals surface area contributed by atoms with Crippen molar-refractivity contribution in [2.45, 2.75) is 20.3 Å². The second-order valence-corrected chi connectivity index (χ2v) is 7.84. The molecule has 0 fully saturated rings. The number of aryl methyl sites for hydroxylation is 1. The van der Waals surface area contributed by atoms with Crippen molar-refractivity contribution in [2.75, 3.05) is 38.1 Å². The van der Waals surface area contributed by atoms with Crippen molar-refractivity contribution in [3.05, 3.63) is 47.1 Å². The van der Waals surface area contributed by atoms with E-state index < -0.39 is 0 Å². The summed E-state index contributed by atoms with van der Waals surface area (Å²) in [5.41, 5.74) is 5.47. The smallest absolute Gasteiger partial charge is 0.276 e. The molecular weight excluding hydrogens is 410 g/mol. The first-order valence-electron chi connectivity index (χ1n) is 10.6. The third kappa shape index (κ3) is 4.56. The fourth-order valence-corrected chi connectivity index (χ4v) is 3.68. The Hall–Kier alpha value is -3.50. The van der Waals surface area contributed by atoms with E-state index in [1.165, 1.54) is 0 Å². The van der Waals surface area contributed by atoms with Crippen molar-refractivity contribution in [1.29, 1.82) is 0 Å². The van der Waals surface area contributed by atoms with Crippen LogP contribution in [0.15, 0.2) is 24.4 Å². The highest BCUT2D eigenvalue weighted by Gasteiger charge is 2.19. The lowest BCUT2D eigenvalue weighted by Gasteiger charge is -2.26. The number of amides is 2. The van der Waals surface area contributed by atoms with E-state index in [0.717, 1.165) is 40.0 Å². The SMILES string of the molecule is Cc1[nH]nc(C(=O)Nc2cnc3[nH]c(C4=CCN(C(=O)CNCCO)CC4)cc3c2)c1C. The van der Waals surface area contributed by atoms with E-state index in [2.05, 4.69) is 30.8 Å². The topological polar surface area (TPSA) is 139 Å². The molecule has 1 aliphatic rings. The van der Waals surface area contributed by atoms with Gasteiger partial charge in [0.15, 0.2) is 5.69 Å². The van der Waals surface area contributed by atoms with Crippen molar-refractivity contribution in [3.63, 3.8) is 0 Å². The number of hydrogen-bond donors (Lipinski definition) is 5. The standard InChI is InChI=1S/C22H27N7O3/c1-13-14(2)27-28-20(13)22(32)25-17-9-16-10-18(26-21(16)24-11-17)15-3-6-29(7-4-15)19(31)12-23-5-8-30/h3,9-11,23,30H,4-8,12H2,1-2H3,(H,24,26)(H,25,32)(H,27,28). The van der Waals surface area contributed by atoms with Crippen molar-refractivity contribution < 1.29 is 14.7 Å². The first kappa shape index (κ1) is 21.7. The zero-order chi connectivity index (χ0) is 22.7. The number of anilines is 1. The van der Waals surface area contributed by atoms with Crippen LogP contribution in [0.4, 0.5) is 5.69 Å². The lowest BCUT2D eigenvalue weighted by atomic mass is 10.0. The number of H-pyrrole nitrogens is 2. The summed E-state index contributed by atoms with van der Waals surface area (Å²) in [5, 5.41) is 22.3. The van der Waals surface area contributed by atoms with Gasteiger partial charge in [0.1, 0.15) is 5.65 Å². The first-order chi connectivity index (χ1) is 15.5. The van der Waals surface area contributed by atoms with Crippen LogP contribution in [0.2, 0.25) is 0 Å². The molecule has 0 unspecified atom stereocenters. The summed E-state index contributed by atoms with van der Waals surface area (Å²) in [5.74, 6) is -0.258. The average Bonchev–Trinajstić information content (AvgIpc) is 3.37. The summed E-state index contributed by atoms with van der Waals surface area (Å²) in [6.07, 6.45) is 4.40. The van der Waals surface area contributed by atoms with Gasteiger partial charge in [0.05, 0.1) is 25.0 Å². The van der Waals surface area contributed by atoms with Gasteiger partial charge in [-0.1, -0.05) is 6.08 Å². The molecule has 0 aliphatic carbocycles. The number of fused-ring (bicyclic) bond motifs is 1. The number of carbonyl (C=O) groups is 2. The van der Waals surface area contributed by atoms with Gasteiger partial charge in [0.25, 0.3) is 5.91 Å². The minimum absolute atomic E-state index is 0.0134. The van der Waals surface area contributed by atoms with Crippen molar-refractivity contribution >= 4 is 34.1 Å². The summed E-state index contributed by atoms with van der Waals surface area (Å²) in [6.45, 7) is 5.56. The normalized spacial score (nSPS) is 14.0. The second-order valence-electron chi connectivity index (χ2n) is 7.84. The predicted molar refractivity (Wildman–Crippen MR) is 121 cm³/mol. The number of hydrogen-bond acceptors (Lipinski definition) is 6. The number of pyridine rings is 1. The van der Waals surface area contributed by atoms with Crippen LogP contribution in [0.1, 0.15) is 33.9 Å². The molecule has 4 rings (SSSR count). The maximum absolute atomic E-state index is 12.5. The molecule has 168 valence electrons. The van der Waals surface area contributed by atoms with E-state index in [9.17, 15) is 9.59 Å². The molecule has 0 aromatic carbocycles. The molecule has 32 heavy (non-hydrogen) atoms. The van der Waals surface area contributed by atoms with Crippen molar-refractivity contribution in [3.8, 4) is 0 Å². The molecule has 0 radical (unpaired) electrons. The van der Waals surface area contributed by atoms with E-state index in [1.54, 1.807) is 11.1 Å². The van der Waals surface area contributed by atoms with Gasteiger partial charge in [0.2, 0.25) is 5.91 Å². The number of nitrogens with one attached hydrogen (secondary N) is 4. The Kier molecular flexibility index (Phi) is 6.33. The third-order valence-electron chi connectivity index (χ3n) is 5.67. The fraction of sp³-hybridized carbons (Fsp3) is 0.364. The highest BCUT2D eigenvalue weighted by molar-refractivity contribution is 6.04. The van der Waals surface area contributed by atoms with Crippen LogP contribution in [0.5, 0.6) is 0 Å². The maximum Gasteiger partial charge on any atom is 0.276 e. The quantitative estimate of drug-likeness (QED) is 0.354. The van der Waals surface area contributed by atoms with Crippen molar-refractivity contribution in [2.24, 2.45) is 0 Å². The summed E-state index contributed by atoms with van der Waals surface area (Å²) >= 11 is 0. The molecule has 0 saturated carbocycles. The summed E-state index contributed by atoms with van der Waals surface area (Å²) < 4.78 is 0. The lowest BCUT2D eigenvalue weighted by Crippen LogP contribution is -2.41. The lowest BCUT2D eigenvalue weighted by molar-refractivity contribution is -0.129. The molecule has 10 nitrogen and oxygen atoms in total. The van der Waals surface area contributed by atoms with Gasteiger partial charge in [0, 0.05) is 42.0 Å². The first-order valence-corrected chi connectivity index (χ1v) is 10.6. The second kappa shape index (κ2) is 9.33. The molecule has 0 spiro atoms. The van der Waals surface area contributed by atoms with E-state index in [-0.39, 0.29) is 25.0 Å². The van der Waals surface area contributed by atoms with Gasteiger partial charge >= 0.3 is 0 Å². The number of aromatic nitrogens is 4. The van der Waals surface area contributed by atoms with Crippen LogP contribution in [-0.2, 0) is 4.79 Å². The minimum atomic E-state index is -0.281. The van der Waals surface area contributed by atoms with Crippen molar-refractivity contribution in [1.82, 2.24) is 30.4 Å². The number of aromatic amines is 2. The average molecular weight is 438 g/mol. The van der Waals surface area contributed by atoms with Crippen LogP contribution < -0.4 is 10.6 Å². The number of aliphatic hydroxyl groups excluding tert-OH is 1. The van der Waals surface area contributed by atoms with Gasteiger partial charge in [-0.25, -0.2) is 4.98 Å². The Morgan fingerprint density at radius 2 is 2.12 bits per heavy atom. The van der Waals surface area contributed by atoms with Crippen LogP contribution in [-0.4, -0.2) is 74.8 Å². The zero-order valence-corrected chi connectivity index (χ0v) is 18.2. The van der Waals surface area contributed by atoms with E-state index in [0.29, 0.717) is 31.0 Å². The summed E-state index contributed by atoms with van der Waals surface area (Å²) in [4.78, 5) is 34.3. The van der Waals surface area contributed by atoms with Gasteiger partial charge in [-0.05, 0) is 38.0 Å². The third-order valence-corrected chi connectivity index (χ3v) is 5.67. The van der Waals surface area contributed by atoms with E-state index in [4.69, 9.17) is 5.11 Å². The van der Waals surface area contributed by atoms with Gasteiger partial charge in [-0.2, -0.15) is 5.10 Å². The van der Waals surface area contributed by atoms with Crippen LogP contribution in [0.25, 0.3) is 16.6 Å². The highest BCUT2D eigenvalue weighted by atomic mass is 16.3. The molecule has 3 aromatic rings. The highest BCUT2D eigenvalue weighted by Crippen LogP contribution is 2.26. The number of aliphatic hydroxyl groups is 1. The maximum atomic E-state index is 12.5. The Bertz CT molecular complexity index is 1180. The molecule has 3 aromatic heterocycles. The van der Waals surface area contributed by atoms with Gasteiger partial charge in [-0.3, -0.25) is 14.7 Å². The molecule has 0 saturated heterocycles. The number of rotatable bonds is 7. The molecule has 1 aliphatic heterocycles. The van der Waals surface area contributed by atoms with Crippen LogP contribution in [0, 0.1) is 13.8 Å². The molecule has 5 N–H and O–H groups in total. The number of nitrogens with zero attached hydrogens (tertiary/aromatic N) is 3. The number of carbonyl (C=O) groups excluding carboxylic acids is 2. The largest absolute Gasteiger partial charge is 0.395 e. The van der Waals surface area contributed by atoms with Gasteiger partial charge in [-0.15, -0.1) is 0 Å². The van der Waals surface area contributed by atoms with Crippen LogP contribution >= 0.6 is 0 Å². The van der Waals surface area contributed by atoms with E-state index in [1.807, 2.05) is 32.1 Å². The Balaban J connectivity index is 1.44. The molecule has 0 bridgehead atoms. The van der Waals surface area contributed by atoms with Crippen LogP contribution in [0.3, 0.4) is 0 Å². The Morgan fingerprint density at radius 3 is 2.81 bits per heavy atom. The molecule has 0 atom stereocenters. The molecule has 10 heteroatoms. The monoisotopic (exact) mass is 437 g/mol. The molecule has 4 heterocycles. The molecule has 2 amide bonds. The van der Waals surface area contributed by atoms with E-state index >= 15 is 0 Å². The Labute approximate surface area is 185 Å². The summed E-state index contributed by atoms with van der Waals surface area (Å²) in [7, 11) is 0. The predicted octanol–water partition coefficient (Wildman–Crippen LogP) is 1.35. The fourth-order valence-electron chi connectivity index (χ4n) is 3.68. The van der Waals surface area contributed by atoms with Gasteiger partial charge < -0.3 is 25.6 Å². The summed E-state index contributed by atoms with van der Waals surface area (Å²) in [6, 6.07) is 3.88. The minimum Gasteiger partial charge on any atom is -0.395 e.